The third kappa shape index (κ3) is 3.84. The second-order valence-electron chi connectivity index (χ2n) is 6.71. The van der Waals surface area contributed by atoms with Crippen LogP contribution in [-0.4, -0.2) is 21.7 Å². The minimum absolute atomic E-state index is 0.0260. The van der Waals surface area contributed by atoms with Crippen LogP contribution in [0.2, 0.25) is 0 Å². The summed E-state index contributed by atoms with van der Waals surface area (Å²) in [6, 6.07) is 25.8. The molecule has 0 aliphatic rings. The van der Waals surface area contributed by atoms with E-state index in [1.807, 2.05) is 72.8 Å². The minimum Gasteiger partial charge on any atom is -0.493 e. The highest BCUT2D eigenvalue weighted by Gasteiger charge is 2.10. The fourth-order valence-electron chi connectivity index (χ4n) is 3.26. The molecule has 0 N–H and O–H groups in total. The van der Waals surface area contributed by atoms with Gasteiger partial charge in [0.05, 0.1) is 22.2 Å². The van der Waals surface area contributed by atoms with Gasteiger partial charge >= 0.3 is 0 Å². The fraction of sp³-hybridized carbons (Fsp3) is 0.0833. The Kier molecular flexibility index (Phi) is 5.26. The van der Waals surface area contributed by atoms with Crippen molar-refractivity contribution < 1.29 is 4.74 Å². The number of fused-ring (bicyclic) bond motifs is 3. The maximum atomic E-state index is 12.8. The van der Waals surface area contributed by atoms with Crippen LogP contribution in [0.3, 0.4) is 0 Å². The van der Waals surface area contributed by atoms with Gasteiger partial charge in [0.15, 0.2) is 4.96 Å². The largest absolute Gasteiger partial charge is 0.493 e. The molecule has 0 saturated carbocycles. The van der Waals surface area contributed by atoms with Crippen LogP contribution in [0.5, 0.6) is 5.75 Å². The average molecular weight is 431 g/mol. The fourth-order valence-corrected chi connectivity index (χ4v) is 5.00. The van der Waals surface area contributed by atoms with Crippen molar-refractivity contribution in [3.63, 3.8) is 0 Å². The number of benzene rings is 3. The van der Waals surface area contributed by atoms with Gasteiger partial charge in [-0.15, -0.1) is 11.8 Å². The molecule has 5 rings (SSSR count). The first-order chi connectivity index (χ1) is 14.8. The number of hydrogen-bond acceptors (Lipinski definition) is 5. The van der Waals surface area contributed by atoms with Crippen LogP contribution < -0.4 is 14.8 Å². The van der Waals surface area contributed by atoms with Gasteiger partial charge in [-0.25, -0.2) is 9.38 Å². The molecule has 3 aromatic carbocycles. The highest BCUT2D eigenvalue weighted by Crippen LogP contribution is 2.19. The van der Waals surface area contributed by atoms with Crippen molar-refractivity contribution in [3.05, 3.63) is 99.3 Å². The molecular weight excluding hydrogens is 412 g/mol. The van der Waals surface area contributed by atoms with Crippen molar-refractivity contribution in [2.24, 2.45) is 0 Å². The Balaban J connectivity index is 1.29. The third-order valence-corrected chi connectivity index (χ3v) is 6.63. The zero-order valence-corrected chi connectivity index (χ0v) is 17.7. The van der Waals surface area contributed by atoms with E-state index in [0.717, 1.165) is 33.1 Å². The van der Waals surface area contributed by atoms with Gasteiger partial charge in [-0.05, 0) is 48.0 Å². The molecule has 0 unspecified atom stereocenters. The highest BCUT2D eigenvalue weighted by atomic mass is 32.2. The van der Waals surface area contributed by atoms with Crippen LogP contribution in [0.25, 0.3) is 22.1 Å². The first kappa shape index (κ1) is 18.9. The summed E-state index contributed by atoms with van der Waals surface area (Å²) in [4.78, 5) is 19.4. The van der Waals surface area contributed by atoms with Gasteiger partial charge in [-0.2, -0.15) is 0 Å². The van der Waals surface area contributed by atoms with Gasteiger partial charge in [0.1, 0.15) is 5.75 Å². The maximum absolute atomic E-state index is 12.8. The van der Waals surface area contributed by atoms with E-state index in [-0.39, 0.29) is 5.56 Å². The Morgan fingerprint density at radius 1 is 0.967 bits per heavy atom. The Labute approximate surface area is 181 Å². The molecule has 4 nitrogen and oxygen atoms in total. The van der Waals surface area contributed by atoms with Crippen LogP contribution >= 0.6 is 23.1 Å². The molecule has 148 valence electrons. The van der Waals surface area contributed by atoms with Crippen molar-refractivity contribution in [2.45, 2.75) is 4.90 Å². The number of nitrogens with zero attached hydrogens (tertiary/aromatic N) is 2. The molecule has 0 spiro atoms. The second kappa shape index (κ2) is 8.34. The summed E-state index contributed by atoms with van der Waals surface area (Å²) in [5, 5.41) is 0. The summed E-state index contributed by atoms with van der Waals surface area (Å²) in [6.07, 6.45) is 1.91. The van der Waals surface area contributed by atoms with E-state index < -0.39 is 0 Å². The van der Waals surface area contributed by atoms with Gasteiger partial charge in [0.2, 0.25) is 0 Å². The summed E-state index contributed by atoms with van der Waals surface area (Å²) in [7, 11) is 0. The lowest BCUT2D eigenvalue weighted by molar-refractivity contribution is 0.344. The molecule has 0 bridgehead atoms. The van der Waals surface area contributed by atoms with Crippen LogP contribution in [-0.2, 0) is 0 Å². The molecule has 0 aliphatic carbocycles. The summed E-state index contributed by atoms with van der Waals surface area (Å²) in [6.45, 7) is 0.641. The smallest absolute Gasteiger partial charge is 0.274 e. The molecule has 2 heterocycles. The van der Waals surface area contributed by atoms with Crippen LogP contribution in [0.4, 0.5) is 0 Å². The Hall–Kier alpha value is -3.09. The summed E-state index contributed by atoms with van der Waals surface area (Å²) in [5.41, 5.74) is 2.64. The normalized spacial score (nSPS) is 12.1. The third-order valence-electron chi connectivity index (χ3n) is 4.69. The van der Waals surface area contributed by atoms with Crippen molar-refractivity contribution in [3.8, 4) is 5.75 Å². The Morgan fingerprint density at radius 3 is 2.57 bits per heavy atom. The number of aromatic nitrogens is 2. The molecule has 2 aromatic heterocycles. The van der Waals surface area contributed by atoms with Crippen LogP contribution in [0, 0.1) is 0 Å². The monoisotopic (exact) mass is 430 g/mol. The second-order valence-corrected chi connectivity index (χ2v) is 8.89. The van der Waals surface area contributed by atoms with Crippen molar-refractivity contribution in [2.75, 3.05) is 12.4 Å². The van der Waals surface area contributed by atoms with E-state index in [4.69, 9.17) is 4.74 Å². The summed E-state index contributed by atoms with van der Waals surface area (Å²) < 4.78 is 8.20. The zero-order chi connectivity index (χ0) is 20.3. The molecule has 0 aliphatic heterocycles. The standard InChI is InChI=1S/C24H18N2O2S2/c27-23-22(30-24-25-20-8-4-5-9-21(20)26(23)24)16-17-10-12-18(13-11-17)28-14-15-29-19-6-2-1-3-7-19/h1-13,16H,14-15H2/b22-16-. The van der Waals surface area contributed by atoms with E-state index in [1.165, 1.54) is 16.2 Å². The number of imidazole rings is 1. The number of hydrogen-bond donors (Lipinski definition) is 0. The first-order valence-corrected chi connectivity index (χ1v) is 11.4. The Bertz CT molecular complexity index is 1410. The first-order valence-electron chi connectivity index (χ1n) is 9.60. The molecule has 0 fully saturated rings. The molecule has 30 heavy (non-hydrogen) atoms. The topological polar surface area (TPSA) is 43.6 Å². The van der Waals surface area contributed by atoms with Crippen molar-refractivity contribution in [1.29, 1.82) is 0 Å². The van der Waals surface area contributed by atoms with Gasteiger partial charge in [-0.1, -0.05) is 53.8 Å². The van der Waals surface area contributed by atoms with E-state index in [0.29, 0.717) is 11.1 Å². The van der Waals surface area contributed by atoms with Gasteiger partial charge in [0.25, 0.3) is 5.56 Å². The van der Waals surface area contributed by atoms with Crippen molar-refractivity contribution in [1.82, 2.24) is 9.38 Å². The lowest BCUT2D eigenvalue weighted by Crippen LogP contribution is -2.22. The number of rotatable bonds is 6. The quantitative estimate of drug-likeness (QED) is 0.291. The lowest BCUT2D eigenvalue weighted by atomic mass is 10.2. The maximum Gasteiger partial charge on any atom is 0.274 e. The van der Waals surface area contributed by atoms with E-state index in [2.05, 4.69) is 17.1 Å². The van der Waals surface area contributed by atoms with Gasteiger partial charge in [0, 0.05) is 10.6 Å². The number of para-hydroxylation sites is 2. The van der Waals surface area contributed by atoms with Crippen LogP contribution in [0.15, 0.2) is 88.6 Å². The van der Waals surface area contributed by atoms with E-state index in [1.54, 1.807) is 16.2 Å². The van der Waals surface area contributed by atoms with Gasteiger partial charge < -0.3 is 4.74 Å². The number of thiazole rings is 1. The lowest BCUT2D eigenvalue weighted by Gasteiger charge is -2.06. The van der Waals surface area contributed by atoms with Crippen molar-refractivity contribution >= 4 is 45.2 Å². The predicted molar refractivity (Wildman–Crippen MR) is 125 cm³/mol. The highest BCUT2D eigenvalue weighted by molar-refractivity contribution is 7.99. The van der Waals surface area contributed by atoms with Gasteiger partial charge in [-0.3, -0.25) is 4.79 Å². The molecule has 6 heteroatoms. The van der Waals surface area contributed by atoms with Crippen LogP contribution in [0.1, 0.15) is 5.56 Å². The molecule has 0 atom stereocenters. The molecular formula is C24H18N2O2S2. The Morgan fingerprint density at radius 2 is 1.73 bits per heavy atom. The number of thioether (sulfide) groups is 1. The van der Waals surface area contributed by atoms with E-state index in [9.17, 15) is 4.79 Å². The SMILES string of the molecule is O=c1/c(=C/c2ccc(OCCSc3ccccc3)cc2)sc2nc3ccccc3n12. The molecule has 5 aromatic rings. The summed E-state index contributed by atoms with van der Waals surface area (Å²) in [5.74, 6) is 1.72. The number of ether oxygens (including phenoxy) is 1. The summed E-state index contributed by atoms with van der Waals surface area (Å²) >= 11 is 3.19. The molecule has 0 amide bonds. The minimum atomic E-state index is -0.0260. The molecule has 0 saturated heterocycles. The van der Waals surface area contributed by atoms with E-state index >= 15 is 0 Å². The predicted octanol–water partition coefficient (Wildman–Crippen LogP) is 4.63. The average Bonchev–Trinajstić information content (AvgIpc) is 3.29. The zero-order valence-electron chi connectivity index (χ0n) is 16.0. The molecule has 0 radical (unpaired) electrons.